The van der Waals surface area contributed by atoms with Crippen LogP contribution in [-0.2, 0) is 6.61 Å². The molecule has 0 radical (unpaired) electrons. The molecule has 6 rings (SSSR count). The number of nitrogens with zero attached hydrogens (tertiary/aromatic N) is 3. The van der Waals surface area contributed by atoms with Gasteiger partial charge in [-0.3, -0.25) is 4.79 Å². The van der Waals surface area contributed by atoms with Crippen LogP contribution in [0.1, 0.15) is 11.1 Å². The van der Waals surface area contributed by atoms with Crippen molar-refractivity contribution in [1.29, 1.82) is 0 Å². The van der Waals surface area contributed by atoms with Crippen LogP contribution in [0.3, 0.4) is 0 Å². The number of aromatic nitrogens is 2. The van der Waals surface area contributed by atoms with Crippen molar-refractivity contribution in [3.63, 3.8) is 0 Å². The highest BCUT2D eigenvalue weighted by molar-refractivity contribution is 9.11. The van der Waals surface area contributed by atoms with Gasteiger partial charge in [0.1, 0.15) is 17.9 Å². The highest BCUT2D eigenvalue weighted by Crippen LogP contribution is 2.33. The third-order valence-electron chi connectivity index (χ3n) is 6.62. The molecule has 210 valence electrons. The molecule has 10 heteroatoms. The molecule has 0 N–H and O–H groups in total. The van der Waals surface area contributed by atoms with Crippen LogP contribution in [0.5, 0.6) is 17.2 Å². The number of para-hydroxylation sites is 1. The van der Waals surface area contributed by atoms with Gasteiger partial charge in [-0.05, 0) is 66.2 Å². The zero-order valence-electron chi connectivity index (χ0n) is 22.5. The molecule has 0 saturated heterocycles. The lowest BCUT2D eigenvalue weighted by Gasteiger charge is -2.12. The first-order valence-electron chi connectivity index (χ1n) is 12.8. The van der Waals surface area contributed by atoms with Crippen molar-refractivity contribution >= 4 is 59.9 Å². The minimum absolute atomic E-state index is 0.264. The Morgan fingerprint density at radius 3 is 2.52 bits per heavy atom. The van der Waals surface area contributed by atoms with Crippen molar-refractivity contribution in [1.82, 2.24) is 9.66 Å². The predicted molar refractivity (Wildman–Crippen MR) is 170 cm³/mol. The first-order valence-corrected chi connectivity index (χ1v) is 14.4. The van der Waals surface area contributed by atoms with Gasteiger partial charge in [-0.2, -0.15) is 9.78 Å². The predicted octanol–water partition coefficient (Wildman–Crippen LogP) is 7.81. The SMILES string of the molecule is COc1cc(C=Nn2c(-c3cc4c(OC)cccc4o3)nc3ccccc3c2=O)ccc1OCc1ccc(Br)cc1Br. The second-order valence-corrected chi connectivity index (χ2v) is 11.0. The van der Waals surface area contributed by atoms with E-state index < -0.39 is 0 Å². The van der Waals surface area contributed by atoms with E-state index in [0.717, 1.165) is 19.9 Å². The monoisotopic (exact) mass is 687 g/mol. The number of ether oxygens (including phenoxy) is 3. The van der Waals surface area contributed by atoms with Crippen LogP contribution in [0.25, 0.3) is 33.5 Å². The van der Waals surface area contributed by atoms with Crippen LogP contribution >= 0.6 is 31.9 Å². The fourth-order valence-electron chi connectivity index (χ4n) is 4.52. The van der Waals surface area contributed by atoms with Crippen molar-refractivity contribution < 1.29 is 18.6 Å². The highest BCUT2D eigenvalue weighted by atomic mass is 79.9. The molecule has 4 aromatic carbocycles. The summed E-state index contributed by atoms with van der Waals surface area (Å²) in [6, 6.07) is 25.8. The van der Waals surface area contributed by atoms with Gasteiger partial charge in [0.05, 0.1) is 36.7 Å². The van der Waals surface area contributed by atoms with Gasteiger partial charge >= 0.3 is 0 Å². The lowest BCUT2D eigenvalue weighted by molar-refractivity contribution is 0.284. The Morgan fingerprint density at radius 2 is 1.71 bits per heavy atom. The Balaban J connectivity index is 1.37. The first kappa shape index (κ1) is 27.7. The molecular formula is C32H23Br2N3O5. The molecule has 0 aliphatic carbocycles. The average molecular weight is 689 g/mol. The van der Waals surface area contributed by atoms with E-state index in [2.05, 4.69) is 37.0 Å². The summed E-state index contributed by atoms with van der Waals surface area (Å²) >= 11 is 7.03. The zero-order chi connectivity index (χ0) is 29.2. The number of rotatable bonds is 8. The topological polar surface area (TPSA) is 88.1 Å². The van der Waals surface area contributed by atoms with Crippen LogP contribution in [0.2, 0.25) is 0 Å². The summed E-state index contributed by atoms with van der Waals surface area (Å²) in [5.74, 6) is 2.41. The summed E-state index contributed by atoms with van der Waals surface area (Å²) in [6.07, 6.45) is 1.57. The van der Waals surface area contributed by atoms with E-state index in [9.17, 15) is 4.79 Å². The van der Waals surface area contributed by atoms with Crippen molar-refractivity contribution in [2.75, 3.05) is 14.2 Å². The Hall–Kier alpha value is -4.41. The lowest BCUT2D eigenvalue weighted by Crippen LogP contribution is -2.20. The fraction of sp³-hybridized carbons (Fsp3) is 0.0938. The Kier molecular flexibility index (Phi) is 7.82. The van der Waals surface area contributed by atoms with Crippen LogP contribution in [0.4, 0.5) is 0 Å². The molecule has 0 amide bonds. The van der Waals surface area contributed by atoms with Gasteiger partial charge in [-0.1, -0.05) is 56.1 Å². The molecule has 8 nitrogen and oxygen atoms in total. The molecule has 6 aromatic rings. The van der Waals surface area contributed by atoms with E-state index >= 15 is 0 Å². The van der Waals surface area contributed by atoms with Gasteiger partial charge in [0.25, 0.3) is 5.56 Å². The van der Waals surface area contributed by atoms with Gasteiger partial charge in [-0.15, -0.1) is 0 Å². The maximum Gasteiger partial charge on any atom is 0.282 e. The smallest absolute Gasteiger partial charge is 0.282 e. The van der Waals surface area contributed by atoms with E-state index in [1.807, 2.05) is 48.5 Å². The second kappa shape index (κ2) is 11.8. The summed E-state index contributed by atoms with van der Waals surface area (Å²) in [4.78, 5) is 18.4. The van der Waals surface area contributed by atoms with Gasteiger partial charge < -0.3 is 18.6 Å². The zero-order valence-corrected chi connectivity index (χ0v) is 25.7. The van der Waals surface area contributed by atoms with Gasteiger partial charge in [0, 0.05) is 14.5 Å². The van der Waals surface area contributed by atoms with Crippen molar-refractivity contribution in [3.05, 3.63) is 115 Å². The number of benzene rings is 4. The van der Waals surface area contributed by atoms with Crippen molar-refractivity contribution in [2.45, 2.75) is 6.61 Å². The summed E-state index contributed by atoms with van der Waals surface area (Å²) in [6.45, 7) is 0.349. The molecule has 0 aliphatic rings. The molecule has 0 atom stereocenters. The Morgan fingerprint density at radius 1 is 0.881 bits per heavy atom. The standard InChI is InChI=1S/C32H23Br2N3O5/c1-39-26-8-5-9-27-23(26)16-30(42-27)31-36-25-7-4-3-6-22(25)32(38)37(31)35-17-19-10-13-28(29(14-19)40-2)41-18-20-11-12-21(33)15-24(20)34/h3-17H,18H2,1-2H3. The normalized spacial score (nSPS) is 11.4. The van der Waals surface area contributed by atoms with Crippen molar-refractivity contribution in [2.24, 2.45) is 5.10 Å². The van der Waals surface area contributed by atoms with Crippen molar-refractivity contribution in [3.8, 4) is 28.8 Å². The molecule has 2 heterocycles. The number of halogens is 2. The van der Waals surface area contributed by atoms with Crippen LogP contribution in [-0.4, -0.2) is 30.1 Å². The summed E-state index contributed by atoms with van der Waals surface area (Å²) in [5, 5.41) is 5.76. The molecule has 0 saturated carbocycles. The van der Waals surface area contributed by atoms with E-state index in [0.29, 0.717) is 51.7 Å². The maximum absolute atomic E-state index is 13.6. The molecule has 0 aliphatic heterocycles. The highest BCUT2D eigenvalue weighted by Gasteiger charge is 2.18. The summed E-state index contributed by atoms with van der Waals surface area (Å²) < 4.78 is 26.4. The van der Waals surface area contributed by atoms with E-state index in [1.165, 1.54) is 4.68 Å². The van der Waals surface area contributed by atoms with E-state index in [4.69, 9.17) is 23.6 Å². The molecule has 2 aromatic heterocycles. The van der Waals surface area contributed by atoms with E-state index in [1.54, 1.807) is 56.8 Å². The second-order valence-electron chi connectivity index (χ2n) is 9.23. The minimum atomic E-state index is -0.328. The van der Waals surface area contributed by atoms with Gasteiger partial charge in [0.2, 0.25) is 5.82 Å². The first-order chi connectivity index (χ1) is 20.4. The van der Waals surface area contributed by atoms with Gasteiger partial charge in [-0.25, -0.2) is 4.98 Å². The van der Waals surface area contributed by atoms with Crippen LogP contribution in [0.15, 0.2) is 108 Å². The molecule has 0 fully saturated rings. The van der Waals surface area contributed by atoms with E-state index in [-0.39, 0.29) is 11.4 Å². The van der Waals surface area contributed by atoms with Crippen LogP contribution < -0.4 is 19.8 Å². The fourth-order valence-corrected chi connectivity index (χ4v) is 5.68. The Bertz CT molecular complexity index is 2030. The Labute approximate surface area is 257 Å². The molecule has 0 unspecified atom stereocenters. The summed E-state index contributed by atoms with van der Waals surface area (Å²) in [7, 11) is 3.17. The molecule has 42 heavy (non-hydrogen) atoms. The minimum Gasteiger partial charge on any atom is -0.496 e. The third-order valence-corrected chi connectivity index (χ3v) is 7.86. The van der Waals surface area contributed by atoms with Crippen LogP contribution in [0, 0.1) is 0 Å². The van der Waals surface area contributed by atoms with Gasteiger partial charge in [0.15, 0.2) is 17.3 Å². The quantitative estimate of drug-likeness (QED) is 0.152. The number of hydrogen-bond donors (Lipinski definition) is 0. The summed E-state index contributed by atoms with van der Waals surface area (Å²) in [5.41, 5.74) is 2.51. The molecule has 0 spiro atoms. The number of methoxy groups -OCH3 is 2. The third kappa shape index (κ3) is 5.43. The molecular weight excluding hydrogens is 666 g/mol. The number of fused-ring (bicyclic) bond motifs is 2. The number of hydrogen-bond acceptors (Lipinski definition) is 7. The number of furan rings is 1. The average Bonchev–Trinajstić information content (AvgIpc) is 3.45. The maximum atomic E-state index is 13.6. The lowest BCUT2D eigenvalue weighted by atomic mass is 10.2. The largest absolute Gasteiger partial charge is 0.496 e. The molecule has 0 bridgehead atoms.